The fourth-order valence-corrected chi connectivity index (χ4v) is 8.37. The highest BCUT2D eigenvalue weighted by atomic mass is 79.9. The minimum Gasteiger partial charge on any atom is -0.463 e. The van der Waals surface area contributed by atoms with Gasteiger partial charge in [0.2, 0.25) is 0 Å². The van der Waals surface area contributed by atoms with Gasteiger partial charge in [-0.1, -0.05) is 38.8 Å². The first-order valence-electron chi connectivity index (χ1n) is 10.3. The summed E-state index contributed by atoms with van der Waals surface area (Å²) in [5, 5.41) is 12.7. The number of esters is 1. The number of hydrogen-bond donors (Lipinski definition) is 0. The molecule has 1 aromatic carbocycles. The number of carbonyl (C=O) groups excluding carboxylic acids is 1. The number of alkyl halides is 1. The molecule has 3 heterocycles. The van der Waals surface area contributed by atoms with Crippen LogP contribution in [-0.4, -0.2) is 58.1 Å². The quantitative estimate of drug-likeness (QED) is 0.250. The number of fused-ring (bicyclic) bond motifs is 1. The van der Waals surface area contributed by atoms with Gasteiger partial charge in [0, 0.05) is 33.2 Å². The molecule has 2 saturated heterocycles. The summed E-state index contributed by atoms with van der Waals surface area (Å²) in [6.45, 7) is 3.82. The van der Waals surface area contributed by atoms with Crippen LogP contribution in [0.2, 0.25) is 0 Å². The van der Waals surface area contributed by atoms with Gasteiger partial charge in [-0.15, -0.1) is 0 Å². The van der Waals surface area contributed by atoms with Crippen molar-refractivity contribution in [3.05, 3.63) is 38.3 Å². The van der Waals surface area contributed by atoms with Gasteiger partial charge in [0.25, 0.3) is 0 Å². The average Bonchev–Trinajstić information content (AvgIpc) is 3.23. The molecule has 3 fully saturated rings. The Hall–Kier alpha value is -1.32. The van der Waals surface area contributed by atoms with Gasteiger partial charge in [0.1, 0.15) is 5.71 Å². The molecule has 1 aliphatic carbocycles. The number of methoxy groups -OCH3 is 1. The zero-order valence-corrected chi connectivity index (χ0v) is 20.0. The molecule has 7 nitrogen and oxygen atoms in total. The summed E-state index contributed by atoms with van der Waals surface area (Å²) < 4.78 is 5.99. The van der Waals surface area contributed by atoms with E-state index in [1.165, 1.54) is 7.11 Å². The number of nitrogens with zero attached hydrogens (tertiary/aromatic N) is 3. The summed E-state index contributed by atoms with van der Waals surface area (Å²) in [5.74, 6) is -0.813. The third kappa shape index (κ3) is 2.19. The number of ether oxygens (including phenoxy) is 1. The molecule has 160 valence electrons. The first-order chi connectivity index (χ1) is 14.3. The van der Waals surface area contributed by atoms with E-state index in [4.69, 9.17) is 9.73 Å². The van der Waals surface area contributed by atoms with Gasteiger partial charge in [-0.3, -0.25) is 15.0 Å². The van der Waals surface area contributed by atoms with Gasteiger partial charge in [0.05, 0.1) is 18.2 Å². The molecule has 1 spiro atoms. The van der Waals surface area contributed by atoms with E-state index < -0.39 is 21.8 Å². The molecule has 1 saturated carbocycles. The van der Waals surface area contributed by atoms with Crippen LogP contribution in [0.1, 0.15) is 38.2 Å². The van der Waals surface area contributed by atoms with E-state index in [9.17, 15) is 14.9 Å². The van der Waals surface area contributed by atoms with Gasteiger partial charge in [-0.2, -0.15) is 0 Å². The lowest BCUT2D eigenvalue weighted by Crippen LogP contribution is -2.74. The van der Waals surface area contributed by atoms with E-state index >= 15 is 0 Å². The third-order valence-corrected chi connectivity index (χ3v) is 9.46. The third-order valence-electron chi connectivity index (χ3n) is 7.95. The number of halogens is 2. The summed E-state index contributed by atoms with van der Waals surface area (Å²) in [6, 6.07) is 5.87. The lowest BCUT2D eigenvalue weighted by Gasteiger charge is -2.58. The van der Waals surface area contributed by atoms with Crippen molar-refractivity contribution in [3.63, 3.8) is 0 Å². The van der Waals surface area contributed by atoms with E-state index in [-0.39, 0.29) is 22.7 Å². The maximum atomic E-state index is 13.2. The van der Waals surface area contributed by atoms with Crippen LogP contribution in [0.4, 0.5) is 5.69 Å². The number of hydrogen-bond acceptors (Lipinski definition) is 6. The summed E-state index contributed by atoms with van der Waals surface area (Å²) >= 11 is 7.50. The topological polar surface area (TPSA) is 85.0 Å². The van der Waals surface area contributed by atoms with Gasteiger partial charge in [0.15, 0.2) is 0 Å². The molecular weight excluding hydrogens is 518 g/mol. The molecule has 3 aliphatic heterocycles. The van der Waals surface area contributed by atoms with E-state index in [1.54, 1.807) is 0 Å². The Morgan fingerprint density at radius 2 is 2.23 bits per heavy atom. The van der Waals surface area contributed by atoms with Crippen LogP contribution in [0.3, 0.4) is 0 Å². The lowest BCUT2D eigenvalue weighted by atomic mass is 9.48. The van der Waals surface area contributed by atoms with Crippen LogP contribution in [0.25, 0.3) is 0 Å². The summed E-state index contributed by atoms with van der Waals surface area (Å²) in [4.78, 5) is 32.7. The predicted octanol–water partition coefficient (Wildman–Crippen LogP) is 4.00. The van der Waals surface area contributed by atoms with Crippen molar-refractivity contribution in [1.82, 2.24) is 4.90 Å². The summed E-state index contributed by atoms with van der Waals surface area (Å²) in [7, 11) is 1.23. The molecule has 0 unspecified atom stereocenters. The monoisotopic (exact) mass is 539 g/mol. The minimum atomic E-state index is -1.98. The molecule has 30 heavy (non-hydrogen) atoms. The van der Waals surface area contributed by atoms with Crippen molar-refractivity contribution in [2.75, 3.05) is 20.2 Å². The predicted molar refractivity (Wildman–Crippen MR) is 119 cm³/mol. The maximum Gasteiger partial charge on any atom is 0.390 e. The highest BCUT2D eigenvalue weighted by Gasteiger charge is 2.80. The Labute approximate surface area is 191 Å². The van der Waals surface area contributed by atoms with Crippen molar-refractivity contribution in [3.8, 4) is 0 Å². The Bertz CT molecular complexity index is 1000. The zero-order valence-electron chi connectivity index (χ0n) is 16.9. The van der Waals surface area contributed by atoms with Crippen LogP contribution >= 0.6 is 31.9 Å². The largest absolute Gasteiger partial charge is 0.463 e. The highest BCUT2D eigenvalue weighted by molar-refractivity contribution is 9.10. The second-order valence-corrected chi connectivity index (χ2v) is 11.0. The Kier molecular flexibility index (Phi) is 4.52. The van der Waals surface area contributed by atoms with Crippen LogP contribution in [0.5, 0.6) is 0 Å². The zero-order chi connectivity index (χ0) is 21.5. The van der Waals surface area contributed by atoms with Crippen LogP contribution in [-0.2, 0) is 14.9 Å². The number of rotatable bonds is 3. The van der Waals surface area contributed by atoms with Gasteiger partial charge < -0.3 is 4.74 Å². The van der Waals surface area contributed by atoms with Crippen LogP contribution in [0, 0.1) is 15.5 Å². The van der Waals surface area contributed by atoms with Crippen molar-refractivity contribution < 1.29 is 14.5 Å². The Balaban J connectivity index is 1.90. The van der Waals surface area contributed by atoms with Crippen LogP contribution < -0.4 is 0 Å². The van der Waals surface area contributed by atoms with Gasteiger partial charge in [-0.05, 0) is 55.0 Å². The molecule has 0 amide bonds. The standard InChI is InChI=1S/C21H23Br2N3O4/c1-3-19-7-4-8-25-10-15(23)21(17(19)25)13-9-12(22)5-6-14(13)24-16(21)20(11-19,26(28)29)18(27)30-2/h5-6,9,15,17H,3-4,7-8,10-11H2,1-2H3/t15-,17+,19+,20-,21-/m1/s1. The van der Waals surface area contributed by atoms with Crippen molar-refractivity contribution in [2.45, 2.75) is 54.4 Å². The summed E-state index contributed by atoms with van der Waals surface area (Å²) in [6.07, 6.45) is 2.72. The molecule has 4 aliphatic rings. The number of aliphatic imine (C=N–C) groups is 1. The second kappa shape index (κ2) is 6.59. The number of carbonyl (C=O) groups is 1. The highest BCUT2D eigenvalue weighted by Crippen LogP contribution is 2.66. The maximum absolute atomic E-state index is 13.2. The van der Waals surface area contributed by atoms with Crippen molar-refractivity contribution >= 4 is 49.2 Å². The molecule has 5 atom stereocenters. The van der Waals surface area contributed by atoms with Crippen LogP contribution in [0.15, 0.2) is 27.7 Å². The SMILES string of the molecule is CC[C@]12CCCN3C[C@@H](Br)[C@]4(C(=Nc5ccc(Br)cc54)[C@](C(=O)OC)([N+](=O)[O-])C1)[C@@H]32. The molecule has 0 radical (unpaired) electrons. The van der Waals surface area contributed by atoms with E-state index in [0.717, 1.165) is 42.4 Å². The minimum absolute atomic E-state index is 0.0557. The number of benzene rings is 1. The molecule has 0 bridgehead atoms. The molecular formula is C21H23Br2N3O4. The Morgan fingerprint density at radius 1 is 1.47 bits per heavy atom. The van der Waals surface area contributed by atoms with Crippen molar-refractivity contribution in [2.24, 2.45) is 10.4 Å². The average molecular weight is 541 g/mol. The Morgan fingerprint density at radius 3 is 2.90 bits per heavy atom. The second-order valence-electron chi connectivity index (χ2n) is 8.96. The fourth-order valence-electron chi connectivity index (χ4n) is 6.92. The van der Waals surface area contributed by atoms with E-state index in [1.807, 2.05) is 18.2 Å². The normalized spacial score (nSPS) is 39.0. The smallest absolute Gasteiger partial charge is 0.390 e. The lowest BCUT2D eigenvalue weighted by molar-refractivity contribution is -0.541. The molecule has 1 aromatic rings. The van der Waals surface area contributed by atoms with Crippen molar-refractivity contribution in [1.29, 1.82) is 0 Å². The van der Waals surface area contributed by atoms with Gasteiger partial charge in [-0.25, -0.2) is 9.79 Å². The number of nitro groups is 1. The van der Waals surface area contributed by atoms with E-state index in [2.05, 4.69) is 43.7 Å². The molecule has 0 N–H and O–H groups in total. The first kappa shape index (κ1) is 20.6. The fraction of sp³-hybridized carbons (Fsp3) is 0.619. The van der Waals surface area contributed by atoms with E-state index in [0.29, 0.717) is 11.4 Å². The molecule has 5 rings (SSSR count). The molecule has 9 heteroatoms. The number of piperidine rings is 1. The van der Waals surface area contributed by atoms with Gasteiger partial charge >= 0.3 is 11.5 Å². The summed E-state index contributed by atoms with van der Waals surface area (Å²) in [5.41, 5.74) is -1.06. The first-order valence-corrected chi connectivity index (χ1v) is 12.0. The molecule has 0 aromatic heterocycles.